The van der Waals surface area contributed by atoms with Crippen molar-refractivity contribution in [2.45, 2.75) is 4.90 Å². The van der Waals surface area contributed by atoms with Crippen LogP contribution in [0.25, 0.3) is 21.5 Å². The lowest BCUT2D eigenvalue weighted by molar-refractivity contribution is -0.464. The van der Waals surface area contributed by atoms with E-state index in [4.69, 9.17) is 27.8 Å². The number of nitrogens with two attached hydrogens (primary N) is 4. The molecule has 0 saturated heterocycles. The monoisotopic (exact) mass is 630 g/mol. The van der Waals surface area contributed by atoms with E-state index in [0.29, 0.717) is 55.5 Å². The number of phenols is 1. The Balaban J connectivity index is 1.54. The average Bonchev–Trinajstić information content (AvgIpc) is 3.07. The average molecular weight is 631 g/mol. The summed E-state index contributed by atoms with van der Waals surface area (Å²) < 4.78 is 4.84. The van der Waals surface area contributed by atoms with Gasteiger partial charge in [-0.1, -0.05) is 30.3 Å². The third kappa shape index (κ3) is 6.84. The highest BCUT2D eigenvalue weighted by molar-refractivity contribution is 7.94. The predicted octanol–water partition coefficient (Wildman–Crippen LogP) is 5.93. The summed E-state index contributed by atoms with van der Waals surface area (Å²) >= 11 is 0.687. The van der Waals surface area contributed by atoms with Gasteiger partial charge in [0.2, 0.25) is 0 Å². The van der Waals surface area contributed by atoms with E-state index in [2.05, 4.69) is 40.2 Å². The SMILES string of the molecule is NOOOSc1cc2ccc(N)cc2c(O)c1N=Nc1ccc(N=Nc2cc(C(=O)ON)cc(C(=O)ON)c2)c2ccccc12. The van der Waals surface area contributed by atoms with Crippen LogP contribution in [0.3, 0.4) is 0 Å². The highest BCUT2D eigenvalue weighted by Crippen LogP contribution is 2.45. The van der Waals surface area contributed by atoms with E-state index >= 15 is 0 Å². The highest BCUT2D eigenvalue weighted by atomic mass is 32.2. The Kier molecular flexibility index (Phi) is 9.51. The standard InChI is InChI=1S/C28H22N8O8S/c29-17-6-5-14-12-24(45-44-43-42-32)25(26(37)21(14)13-17)36-35-23-8-7-22(19-3-1-2-4-20(19)23)34-33-18-10-15(27(38)40-30)9-16(11-18)28(39)41-31/h1-13,37H,29-32H2. The van der Waals surface area contributed by atoms with Gasteiger partial charge in [-0.2, -0.15) is 22.8 Å². The van der Waals surface area contributed by atoms with Crippen LogP contribution in [-0.2, 0) is 24.0 Å². The smallest absolute Gasteiger partial charge is 0.356 e. The van der Waals surface area contributed by atoms with E-state index in [0.717, 1.165) is 0 Å². The number of aromatic hydroxyl groups is 1. The largest absolute Gasteiger partial charge is 0.505 e. The Morgan fingerprint density at radius 2 is 1.33 bits per heavy atom. The minimum Gasteiger partial charge on any atom is -0.505 e. The van der Waals surface area contributed by atoms with Crippen molar-refractivity contribution in [3.63, 3.8) is 0 Å². The minimum atomic E-state index is -0.910. The number of benzene rings is 5. The Labute approximate surface area is 257 Å². The molecule has 0 aromatic heterocycles. The van der Waals surface area contributed by atoms with Gasteiger partial charge >= 0.3 is 11.9 Å². The van der Waals surface area contributed by atoms with Crippen LogP contribution in [-0.4, -0.2) is 17.0 Å². The second-order valence-electron chi connectivity index (χ2n) is 9.00. The molecular weight excluding hydrogens is 608 g/mol. The molecule has 0 heterocycles. The number of azo groups is 2. The topological polar surface area (TPSA) is 254 Å². The van der Waals surface area contributed by atoms with Crippen LogP contribution in [0.4, 0.5) is 28.4 Å². The second kappa shape index (κ2) is 13.8. The summed E-state index contributed by atoms with van der Waals surface area (Å²) in [7, 11) is 0. The molecule has 45 heavy (non-hydrogen) atoms. The summed E-state index contributed by atoms with van der Waals surface area (Å²) in [4.78, 5) is 36.8. The molecule has 9 N–H and O–H groups in total. The Morgan fingerprint density at radius 1 is 0.711 bits per heavy atom. The number of nitrogens with zero attached hydrogens (tertiary/aromatic N) is 4. The zero-order valence-electron chi connectivity index (χ0n) is 22.8. The Hall–Kier alpha value is -5.53. The molecule has 0 fully saturated rings. The number of carbonyl (C=O) groups excluding carboxylic acids is 2. The van der Waals surface area contributed by atoms with Crippen LogP contribution in [0.1, 0.15) is 20.7 Å². The van der Waals surface area contributed by atoms with Crippen LogP contribution in [0, 0.1) is 0 Å². The first-order valence-corrected chi connectivity index (χ1v) is 13.3. The van der Waals surface area contributed by atoms with Gasteiger partial charge in [0.25, 0.3) is 0 Å². The van der Waals surface area contributed by atoms with Crippen molar-refractivity contribution in [2.75, 3.05) is 5.73 Å². The van der Waals surface area contributed by atoms with Crippen molar-refractivity contribution < 1.29 is 38.7 Å². The van der Waals surface area contributed by atoms with E-state index in [1.165, 1.54) is 18.2 Å². The molecular formula is C28H22N8O8S. The quantitative estimate of drug-likeness (QED) is 0.0299. The summed E-state index contributed by atoms with van der Waals surface area (Å²) in [5.41, 5.74) is 7.26. The molecule has 0 aliphatic heterocycles. The predicted molar refractivity (Wildman–Crippen MR) is 161 cm³/mol. The van der Waals surface area contributed by atoms with Crippen LogP contribution >= 0.6 is 12.0 Å². The molecule has 0 unspecified atom stereocenters. The molecule has 0 saturated carbocycles. The van der Waals surface area contributed by atoms with Gasteiger partial charge in [-0.3, -0.25) is 0 Å². The van der Waals surface area contributed by atoms with E-state index < -0.39 is 11.9 Å². The molecule has 5 aromatic carbocycles. The number of hydrogen-bond donors (Lipinski definition) is 5. The number of nitrogen functional groups attached to an aromatic ring is 1. The zero-order valence-corrected chi connectivity index (χ0v) is 23.6. The Morgan fingerprint density at radius 3 is 1.93 bits per heavy atom. The summed E-state index contributed by atoms with van der Waals surface area (Å²) in [6, 6.07) is 21.0. The maximum absolute atomic E-state index is 12.0. The van der Waals surface area contributed by atoms with Gasteiger partial charge in [0, 0.05) is 21.8 Å². The van der Waals surface area contributed by atoms with Crippen molar-refractivity contribution in [1.29, 1.82) is 0 Å². The molecule has 0 radical (unpaired) electrons. The molecule has 0 aliphatic rings. The first-order valence-electron chi connectivity index (χ1n) is 12.6. The van der Waals surface area contributed by atoms with Gasteiger partial charge in [-0.15, -0.1) is 24.7 Å². The molecule has 0 atom stereocenters. The second-order valence-corrected chi connectivity index (χ2v) is 9.74. The molecule has 0 amide bonds. The normalized spacial score (nSPS) is 11.5. The van der Waals surface area contributed by atoms with Crippen molar-refractivity contribution in [3.05, 3.63) is 90.0 Å². The van der Waals surface area contributed by atoms with Crippen LogP contribution in [0.5, 0.6) is 5.75 Å². The molecule has 228 valence electrons. The lowest BCUT2D eigenvalue weighted by atomic mass is 10.1. The van der Waals surface area contributed by atoms with Crippen molar-refractivity contribution >= 4 is 74.0 Å². The van der Waals surface area contributed by atoms with Gasteiger partial charge < -0.3 is 20.5 Å². The molecule has 5 aromatic rings. The summed E-state index contributed by atoms with van der Waals surface area (Å²) in [6.07, 6.45) is 0. The fourth-order valence-corrected chi connectivity index (χ4v) is 4.81. The highest BCUT2D eigenvalue weighted by Gasteiger charge is 2.17. The van der Waals surface area contributed by atoms with Crippen molar-refractivity contribution in [3.8, 4) is 5.75 Å². The van der Waals surface area contributed by atoms with Crippen molar-refractivity contribution in [1.82, 2.24) is 0 Å². The first kappa shape index (κ1) is 30.9. The lowest BCUT2D eigenvalue weighted by Crippen LogP contribution is -2.13. The van der Waals surface area contributed by atoms with E-state index in [9.17, 15) is 14.7 Å². The third-order valence-electron chi connectivity index (χ3n) is 6.28. The van der Waals surface area contributed by atoms with Gasteiger partial charge in [0.1, 0.15) is 5.69 Å². The molecule has 5 rings (SSSR count). The van der Waals surface area contributed by atoms with Gasteiger partial charge in [0.15, 0.2) is 5.75 Å². The fourth-order valence-electron chi connectivity index (χ4n) is 4.28. The van der Waals surface area contributed by atoms with Gasteiger partial charge in [-0.05, 0) is 59.0 Å². The van der Waals surface area contributed by atoms with Crippen LogP contribution in [0.15, 0.2) is 104 Å². The molecule has 16 nitrogen and oxygen atoms in total. The molecule has 0 aliphatic carbocycles. The molecule has 0 spiro atoms. The molecule has 17 heteroatoms. The maximum Gasteiger partial charge on any atom is 0.356 e. The summed E-state index contributed by atoms with van der Waals surface area (Å²) in [5.74, 6) is 12.8. The first-order chi connectivity index (χ1) is 21.8. The van der Waals surface area contributed by atoms with Gasteiger partial charge in [0.05, 0.1) is 45.1 Å². The van der Waals surface area contributed by atoms with E-state index in [1.54, 1.807) is 60.7 Å². The minimum absolute atomic E-state index is 0.0641. The Bertz CT molecular complexity index is 1950. The van der Waals surface area contributed by atoms with Crippen molar-refractivity contribution in [2.24, 2.45) is 38.1 Å². The number of hydrogen-bond acceptors (Lipinski definition) is 17. The van der Waals surface area contributed by atoms with E-state index in [-0.39, 0.29) is 28.3 Å². The third-order valence-corrected chi connectivity index (χ3v) is 6.89. The lowest BCUT2D eigenvalue weighted by Gasteiger charge is -2.10. The summed E-state index contributed by atoms with van der Waals surface area (Å²) in [5, 5.41) is 35.0. The number of phenolic OH excluding ortho intramolecular Hbond substituents is 1. The number of carbonyl (C=O) groups is 2. The van der Waals surface area contributed by atoms with Gasteiger partial charge in [-0.25, -0.2) is 9.59 Å². The van der Waals surface area contributed by atoms with E-state index in [1.807, 2.05) is 0 Å². The summed E-state index contributed by atoms with van der Waals surface area (Å²) in [6.45, 7) is 0. The number of anilines is 1. The number of rotatable bonds is 10. The van der Waals surface area contributed by atoms with Crippen LogP contribution in [0.2, 0.25) is 0 Å². The zero-order chi connectivity index (χ0) is 31.9. The van der Waals surface area contributed by atoms with Crippen LogP contribution < -0.4 is 23.4 Å². The maximum atomic E-state index is 12.0. The fraction of sp³-hybridized carbons (Fsp3) is 0. The molecule has 0 bridgehead atoms. The number of fused-ring (bicyclic) bond motifs is 2.